The number of urea groups is 1. The van der Waals surface area contributed by atoms with E-state index >= 15 is 0 Å². The van der Waals surface area contributed by atoms with Crippen LogP contribution in [0.2, 0.25) is 0 Å². The van der Waals surface area contributed by atoms with Gasteiger partial charge in [0.15, 0.2) is 0 Å². The van der Waals surface area contributed by atoms with Crippen molar-refractivity contribution < 1.29 is 14.0 Å². The summed E-state index contributed by atoms with van der Waals surface area (Å²) in [5, 5.41) is 3.74. The van der Waals surface area contributed by atoms with Crippen LogP contribution in [0.5, 0.6) is 0 Å². The van der Waals surface area contributed by atoms with Gasteiger partial charge in [0, 0.05) is 6.54 Å². The van der Waals surface area contributed by atoms with Gasteiger partial charge in [-0.25, -0.2) is 9.18 Å². The van der Waals surface area contributed by atoms with Crippen LogP contribution >= 0.6 is 11.6 Å². The second-order valence-electron chi connectivity index (χ2n) is 3.70. The molecule has 0 saturated carbocycles. The van der Waals surface area contributed by atoms with Gasteiger partial charge in [0.25, 0.3) is 0 Å². The summed E-state index contributed by atoms with van der Waals surface area (Å²) in [5.74, 6) is -0.884. The molecule has 0 heterocycles. The fraction of sp³-hybridized carbons (Fsp3) is 0.333. The Kier molecular flexibility index (Phi) is 5.58. The van der Waals surface area contributed by atoms with Crippen molar-refractivity contribution in [3.8, 4) is 0 Å². The smallest absolute Gasteiger partial charge is 0.321 e. The first-order valence-corrected chi connectivity index (χ1v) is 5.90. The minimum atomic E-state index is -0.776. The fourth-order valence-electron chi connectivity index (χ4n) is 1.27. The molecular weight excluding hydrogens is 259 g/mol. The highest BCUT2D eigenvalue weighted by Gasteiger charge is 2.12. The maximum Gasteiger partial charge on any atom is 0.321 e. The van der Waals surface area contributed by atoms with Crippen LogP contribution in [0, 0.1) is 5.82 Å². The van der Waals surface area contributed by atoms with E-state index in [1.165, 1.54) is 13.0 Å². The van der Waals surface area contributed by atoms with E-state index in [-0.39, 0.29) is 12.4 Å². The van der Waals surface area contributed by atoms with Crippen LogP contribution < -0.4 is 10.6 Å². The molecule has 0 aliphatic rings. The summed E-state index contributed by atoms with van der Waals surface area (Å²) >= 11 is 5.48. The Labute approximate surface area is 110 Å². The van der Waals surface area contributed by atoms with E-state index < -0.39 is 17.3 Å². The summed E-state index contributed by atoms with van der Waals surface area (Å²) in [6.45, 7) is 1.69. The van der Waals surface area contributed by atoms with Crippen LogP contribution in [0.4, 0.5) is 9.18 Å². The molecule has 6 heteroatoms. The SMILES string of the molecule is CC(Cl)C(=O)NC(=O)NCCc1ccccc1F. The van der Waals surface area contributed by atoms with Gasteiger partial charge in [-0.15, -0.1) is 11.6 Å². The van der Waals surface area contributed by atoms with Gasteiger partial charge < -0.3 is 5.32 Å². The van der Waals surface area contributed by atoms with Crippen molar-refractivity contribution in [2.24, 2.45) is 0 Å². The van der Waals surface area contributed by atoms with E-state index in [9.17, 15) is 14.0 Å². The van der Waals surface area contributed by atoms with Crippen LogP contribution in [0.25, 0.3) is 0 Å². The van der Waals surface area contributed by atoms with Crippen LogP contribution in [0.15, 0.2) is 24.3 Å². The molecular formula is C12H14ClFN2O2. The van der Waals surface area contributed by atoms with E-state index in [0.29, 0.717) is 12.0 Å². The van der Waals surface area contributed by atoms with Gasteiger partial charge in [0.2, 0.25) is 5.91 Å². The Morgan fingerprint density at radius 3 is 2.67 bits per heavy atom. The Morgan fingerprint density at radius 2 is 2.06 bits per heavy atom. The first-order chi connectivity index (χ1) is 8.50. The van der Waals surface area contributed by atoms with Gasteiger partial charge in [0.05, 0.1) is 0 Å². The van der Waals surface area contributed by atoms with Crippen molar-refractivity contribution >= 4 is 23.5 Å². The van der Waals surface area contributed by atoms with Gasteiger partial charge in [0.1, 0.15) is 11.2 Å². The summed E-state index contributed by atoms with van der Waals surface area (Å²) in [4.78, 5) is 22.3. The van der Waals surface area contributed by atoms with Gasteiger partial charge in [-0.1, -0.05) is 18.2 Å². The van der Waals surface area contributed by atoms with Crippen molar-refractivity contribution in [2.75, 3.05) is 6.54 Å². The van der Waals surface area contributed by atoms with E-state index in [2.05, 4.69) is 10.6 Å². The van der Waals surface area contributed by atoms with Gasteiger partial charge >= 0.3 is 6.03 Å². The van der Waals surface area contributed by atoms with E-state index in [4.69, 9.17) is 11.6 Å². The molecule has 2 N–H and O–H groups in total. The molecule has 0 spiro atoms. The molecule has 1 unspecified atom stereocenters. The lowest BCUT2D eigenvalue weighted by Gasteiger charge is -2.08. The monoisotopic (exact) mass is 272 g/mol. The minimum Gasteiger partial charge on any atom is -0.337 e. The number of imide groups is 1. The second-order valence-corrected chi connectivity index (χ2v) is 4.36. The Balaban J connectivity index is 2.32. The number of carbonyl (C=O) groups is 2. The molecule has 98 valence electrons. The fourth-order valence-corrected chi connectivity index (χ4v) is 1.32. The third-order valence-corrected chi connectivity index (χ3v) is 2.43. The van der Waals surface area contributed by atoms with E-state index in [1.54, 1.807) is 18.2 Å². The molecule has 0 aliphatic heterocycles. The average Bonchev–Trinajstić information content (AvgIpc) is 2.31. The number of amides is 3. The maximum absolute atomic E-state index is 13.2. The molecule has 1 rings (SSSR count). The number of nitrogens with one attached hydrogen (secondary N) is 2. The Hall–Kier alpha value is -1.62. The quantitative estimate of drug-likeness (QED) is 0.822. The Bertz CT molecular complexity index is 438. The molecule has 0 fully saturated rings. The molecule has 18 heavy (non-hydrogen) atoms. The molecule has 0 aromatic heterocycles. The number of halogens is 2. The number of hydrogen-bond acceptors (Lipinski definition) is 2. The highest BCUT2D eigenvalue weighted by molar-refractivity contribution is 6.31. The summed E-state index contributed by atoms with van der Waals surface area (Å²) < 4.78 is 13.2. The zero-order valence-electron chi connectivity index (χ0n) is 9.87. The van der Waals surface area contributed by atoms with Crippen LogP contribution in [-0.2, 0) is 11.2 Å². The van der Waals surface area contributed by atoms with Gasteiger partial charge in [-0.05, 0) is 25.0 Å². The van der Waals surface area contributed by atoms with Crippen molar-refractivity contribution in [3.63, 3.8) is 0 Å². The lowest BCUT2D eigenvalue weighted by molar-refractivity contribution is -0.119. The minimum absolute atomic E-state index is 0.233. The first kappa shape index (κ1) is 14.4. The molecule has 0 radical (unpaired) electrons. The third kappa shape index (κ3) is 4.71. The van der Waals surface area contributed by atoms with Crippen molar-refractivity contribution in [1.82, 2.24) is 10.6 Å². The summed E-state index contributed by atoms with van der Waals surface area (Å²) in [7, 11) is 0. The number of benzene rings is 1. The number of carbonyl (C=O) groups excluding carboxylic acids is 2. The number of hydrogen-bond donors (Lipinski definition) is 2. The lowest BCUT2D eigenvalue weighted by Crippen LogP contribution is -2.42. The third-order valence-electron chi connectivity index (χ3n) is 2.24. The standard InChI is InChI=1S/C12H14ClFN2O2/c1-8(13)11(17)16-12(18)15-7-6-9-4-2-3-5-10(9)14/h2-5,8H,6-7H2,1H3,(H2,15,16,17,18). The predicted molar refractivity (Wildman–Crippen MR) is 67.0 cm³/mol. The van der Waals surface area contributed by atoms with Crippen LogP contribution in [0.1, 0.15) is 12.5 Å². The van der Waals surface area contributed by atoms with Crippen molar-refractivity contribution in [3.05, 3.63) is 35.6 Å². The highest BCUT2D eigenvalue weighted by atomic mass is 35.5. The average molecular weight is 273 g/mol. The molecule has 1 atom stereocenters. The first-order valence-electron chi connectivity index (χ1n) is 5.47. The normalized spacial score (nSPS) is 11.7. The van der Waals surface area contributed by atoms with Crippen LogP contribution in [0.3, 0.4) is 0 Å². The van der Waals surface area contributed by atoms with Gasteiger partial charge in [-0.2, -0.15) is 0 Å². The summed E-state index contributed by atoms with van der Waals surface area (Å²) in [6.07, 6.45) is 0.352. The van der Waals surface area contributed by atoms with Crippen LogP contribution in [-0.4, -0.2) is 23.9 Å². The van der Waals surface area contributed by atoms with E-state index in [1.807, 2.05) is 0 Å². The molecule has 4 nitrogen and oxygen atoms in total. The predicted octanol–water partition coefficient (Wildman–Crippen LogP) is 1.82. The second kappa shape index (κ2) is 6.96. The highest BCUT2D eigenvalue weighted by Crippen LogP contribution is 2.05. The topological polar surface area (TPSA) is 58.2 Å². The molecule has 0 saturated heterocycles. The Morgan fingerprint density at radius 1 is 1.39 bits per heavy atom. The number of alkyl halides is 1. The zero-order valence-corrected chi connectivity index (χ0v) is 10.6. The van der Waals surface area contributed by atoms with Crippen molar-refractivity contribution in [1.29, 1.82) is 0 Å². The molecule has 0 bridgehead atoms. The maximum atomic E-state index is 13.2. The molecule has 0 aliphatic carbocycles. The summed E-state index contributed by atoms with van der Waals surface area (Å²) in [5.41, 5.74) is 0.509. The lowest BCUT2D eigenvalue weighted by atomic mass is 10.1. The number of rotatable bonds is 4. The largest absolute Gasteiger partial charge is 0.337 e. The zero-order chi connectivity index (χ0) is 13.5. The molecule has 3 amide bonds. The van der Waals surface area contributed by atoms with Gasteiger partial charge in [-0.3, -0.25) is 10.1 Å². The summed E-state index contributed by atoms with van der Waals surface area (Å²) in [6, 6.07) is 5.68. The van der Waals surface area contributed by atoms with Crippen molar-refractivity contribution in [2.45, 2.75) is 18.7 Å². The molecule has 1 aromatic rings. The van der Waals surface area contributed by atoms with E-state index in [0.717, 1.165) is 0 Å². The molecule has 1 aromatic carbocycles.